The highest BCUT2D eigenvalue weighted by molar-refractivity contribution is 5.85. The number of carbonyl (C=O) groups is 2. The second kappa shape index (κ2) is 7.19. The highest BCUT2D eigenvalue weighted by Gasteiger charge is 2.13. The van der Waals surface area contributed by atoms with Crippen LogP contribution >= 0.6 is 0 Å². The number of nitro groups is 1. The first kappa shape index (κ1) is 15.6. The number of nitrogens with two attached hydrogens (primary N) is 1. The van der Waals surface area contributed by atoms with E-state index < -0.39 is 16.7 Å². The van der Waals surface area contributed by atoms with E-state index in [0.29, 0.717) is 11.1 Å². The maximum absolute atomic E-state index is 11.5. The van der Waals surface area contributed by atoms with Crippen LogP contribution in [0.2, 0.25) is 0 Å². The molecule has 0 atom stereocenters. The van der Waals surface area contributed by atoms with Crippen LogP contribution in [-0.2, 0) is 16.1 Å². The molecule has 0 bridgehead atoms. The van der Waals surface area contributed by atoms with E-state index in [1.165, 1.54) is 6.07 Å². The summed E-state index contributed by atoms with van der Waals surface area (Å²) in [6.07, 6.45) is 0. The fourth-order valence-electron chi connectivity index (χ4n) is 1.57. The summed E-state index contributed by atoms with van der Waals surface area (Å²) in [5.41, 5.74) is 6.24. The van der Waals surface area contributed by atoms with Crippen molar-refractivity contribution in [1.82, 2.24) is 10.6 Å². The van der Waals surface area contributed by atoms with Gasteiger partial charge in [0, 0.05) is 18.2 Å². The molecule has 0 fully saturated rings. The van der Waals surface area contributed by atoms with Crippen LogP contribution in [0.1, 0.15) is 11.1 Å². The zero-order chi connectivity index (χ0) is 15.1. The van der Waals surface area contributed by atoms with Gasteiger partial charge in [0.05, 0.1) is 18.0 Å². The molecule has 0 saturated carbocycles. The van der Waals surface area contributed by atoms with Crippen molar-refractivity contribution in [3.05, 3.63) is 39.4 Å². The van der Waals surface area contributed by atoms with Gasteiger partial charge in [-0.05, 0) is 12.5 Å². The number of hydrogen-bond donors (Lipinski definition) is 3. The Hall–Kier alpha value is -2.48. The van der Waals surface area contributed by atoms with E-state index in [9.17, 15) is 19.7 Å². The van der Waals surface area contributed by atoms with Crippen LogP contribution < -0.4 is 16.4 Å². The molecule has 0 aromatic heterocycles. The van der Waals surface area contributed by atoms with Gasteiger partial charge >= 0.3 is 0 Å². The van der Waals surface area contributed by atoms with Crippen molar-refractivity contribution in [2.45, 2.75) is 13.5 Å². The number of nitrogens with zero attached hydrogens (tertiary/aromatic N) is 1. The highest BCUT2D eigenvalue weighted by atomic mass is 16.6. The molecule has 108 valence electrons. The van der Waals surface area contributed by atoms with Gasteiger partial charge in [-0.3, -0.25) is 19.7 Å². The number of nitrogens with one attached hydrogen (secondary N) is 2. The third-order valence-corrected chi connectivity index (χ3v) is 2.72. The van der Waals surface area contributed by atoms with Gasteiger partial charge in [0.2, 0.25) is 11.8 Å². The van der Waals surface area contributed by atoms with Gasteiger partial charge in [-0.15, -0.1) is 0 Å². The summed E-state index contributed by atoms with van der Waals surface area (Å²) in [5, 5.41) is 15.7. The van der Waals surface area contributed by atoms with Crippen LogP contribution in [0.4, 0.5) is 5.69 Å². The zero-order valence-electron chi connectivity index (χ0n) is 11.0. The summed E-state index contributed by atoms with van der Waals surface area (Å²) in [6, 6.07) is 4.66. The first-order chi connectivity index (χ1) is 9.45. The van der Waals surface area contributed by atoms with E-state index in [1.54, 1.807) is 19.1 Å². The number of nitro benzene ring substituents is 1. The molecule has 1 aromatic carbocycles. The van der Waals surface area contributed by atoms with Gasteiger partial charge in [-0.2, -0.15) is 0 Å². The maximum Gasteiger partial charge on any atom is 0.272 e. The third kappa shape index (κ3) is 4.32. The zero-order valence-corrected chi connectivity index (χ0v) is 11.0. The molecule has 8 heteroatoms. The fraction of sp³-hybridized carbons (Fsp3) is 0.333. The molecule has 1 rings (SSSR count). The monoisotopic (exact) mass is 280 g/mol. The second-order valence-corrected chi connectivity index (χ2v) is 4.08. The Morgan fingerprint density at radius 2 is 2.00 bits per heavy atom. The van der Waals surface area contributed by atoms with Crippen molar-refractivity contribution >= 4 is 17.5 Å². The molecule has 1 aromatic rings. The molecule has 8 nitrogen and oxygen atoms in total. The number of amides is 2. The first-order valence-corrected chi connectivity index (χ1v) is 5.92. The second-order valence-electron chi connectivity index (χ2n) is 4.08. The summed E-state index contributed by atoms with van der Waals surface area (Å²) in [7, 11) is 0. The Balaban J connectivity index is 2.58. The SMILES string of the molecule is Cc1c(CNC(=O)CNC(=O)CN)cccc1[N+](=O)[O-]. The molecule has 2 amide bonds. The molecule has 0 aliphatic carbocycles. The minimum absolute atomic E-state index is 0.00758. The molecule has 4 N–H and O–H groups in total. The van der Waals surface area contributed by atoms with E-state index >= 15 is 0 Å². The lowest BCUT2D eigenvalue weighted by atomic mass is 10.1. The van der Waals surface area contributed by atoms with Crippen LogP contribution in [0, 0.1) is 17.0 Å². The van der Waals surface area contributed by atoms with Crippen molar-refractivity contribution < 1.29 is 14.5 Å². The summed E-state index contributed by atoms with van der Waals surface area (Å²) >= 11 is 0. The molecule has 0 saturated heterocycles. The minimum Gasteiger partial charge on any atom is -0.350 e. The molecule has 0 radical (unpaired) electrons. The Morgan fingerprint density at radius 3 is 2.60 bits per heavy atom. The maximum atomic E-state index is 11.5. The minimum atomic E-state index is -0.470. The molecule has 0 spiro atoms. The van der Waals surface area contributed by atoms with Crippen molar-refractivity contribution in [2.24, 2.45) is 5.73 Å². The van der Waals surface area contributed by atoms with E-state index in [1.807, 2.05) is 0 Å². The normalized spacial score (nSPS) is 9.90. The van der Waals surface area contributed by atoms with Gasteiger partial charge in [-0.1, -0.05) is 12.1 Å². The summed E-state index contributed by atoms with van der Waals surface area (Å²) in [6.45, 7) is 1.42. The first-order valence-electron chi connectivity index (χ1n) is 5.92. The highest BCUT2D eigenvalue weighted by Crippen LogP contribution is 2.20. The van der Waals surface area contributed by atoms with Crippen molar-refractivity contribution in [1.29, 1.82) is 0 Å². The molecular formula is C12H16N4O4. The molecule has 0 aliphatic heterocycles. The predicted octanol–water partition coefficient (Wildman–Crippen LogP) is -0.406. The Labute approximate surface area is 115 Å². The van der Waals surface area contributed by atoms with Crippen LogP contribution in [0.15, 0.2) is 18.2 Å². The van der Waals surface area contributed by atoms with Crippen molar-refractivity contribution in [2.75, 3.05) is 13.1 Å². The third-order valence-electron chi connectivity index (χ3n) is 2.72. The molecule has 20 heavy (non-hydrogen) atoms. The summed E-state index contributed by atoms with van der Waals surface area (Å²) < 4.78 is 0. The van der Waals surface area contributed by atoms with Gasteiger partial charge in [0.15, 0.2) is 0 Å². The molecule has 0 unspecified atom stereocenters. The predicted molar refractivity (Wildman–Crippen MR) is 71.7 cm³/mol. The van der Waals surface area contributed by atoms with Crippen LogP contribution in [0.5, 0.6) is 0 Å². The number of benzene rings is 1. The van der Waals surface area contributed by atoms with E-state index in [4.69, 9.17) is 5.73 Å². The Kier molecular flexibility index (Phi) is 5.60. The van der Waals surface area contributed by atoms with Crippen LogP contribution in [-0.4, -0.2) is 29.8 Å². The van der Waals surface area contributed by atoms with Gasteiger partial charge in [0.25, 0.3) is 5.69 Å². The largest absolute Gasteiger partial charge is 0.350 e. The topological polar surface area (TPSA) is 127 Å². The summed E-state index contributed by atoms with van der Waals surface area (Å²) in [5.74, 6) is -0.815. The van der Waals surface area contributed by atoms with Crippen molar-refractivity contribution in [3.63, 3.8) is 0 Å². The average Bonchev–Trinajstić information content (AvgIpc) is 2.43. The van der Waals surface area contributed by atoms with Gasteiger partial charge < -0.3 is 16.4 Å². The lowest BCUT2D eigenvalue weighted by molar-refractivity contribution is -0.385. The van der Waals surface area contributed by atoms with Crippen molar-refractivity contribution in [3.8, 4) is 0 Å². The standard InChI is InChI=1S/C12H16N4O4/c1-8-9(3-2-4-10(8)16(19)20)6-14-12(18)7-15-11(17)5-13/h2-4H,5-7,13H2,1H3,(H,14,18)(H,15,17). The quantitative estimate of drug-likeness (QED) is 0.482. The number of rotatable bonds is 6. The van der Waals surface area contributed by atoms with Crippen LogP contribution in [0.25, 0.3) is 0 Å². The molecular weight excluding hydrogens is 264 g/mol. The molecule has 0 aliphatic rings. The fourth-order valence-corrected chi connectivity index (χ4v) is 1.57. The van der Waals surface area contributed by atoms with E-state index in [-0.39, 0.29) is 25.3 Å². The lowest BCUT2D eigenvalue weighted by Gasteiger charge is -2.08. The summed E-state index contributed by atoms with van der Waals surface area (Å²) in [4.78, 5) is 32.7. The van der Waals surface area contributed by atoms with Gasteiger partial charge in [0.1, 0.15) is 0 Å². The van der Waals surface area contributed by atoms with E-state index in [2.05, 4.69) is 10.6 Å². The number of hydrogen-bond acceptors (Lipinski definition) is 5. The smallest absolute Gasteiger partial charge is 0.272 e. The lowest BCUT2D eigenvalue weighted by Crippen LogP contribution is -2.39. The Bertz CT molecular complexity index is 530. The van der Waals surface area contributed by atoms with Gasteiger partial charge in [-0.25, -0.2) is 0 Å². The van der Waals surface area contributed by atoms with Crippen LogP contribution in [0.3, 0.4) is 0 Å². The Morgan fingerprint density at radius 1 is 1.30 bits per heavy atom. The molecule has 0 heterocycles. The number of carbonyl (C=O) groups excluding carboxylic acids is 2. The average molecular weight is 280 g/mol. The van der Waals surface area contributed by atoms with E-state index in [0.717, 1.165) is 0 Å².